The number of anilines is 1. The van der Waals surface area contributed by atoms with Crippen molar-refractivity contribution in [2.75, 3.05) is 18.0 Å². The predicted octanol–water partition coefficient (Wildman–Crippen LogP) is 8.53. The first-order valence-corrected chi connectivity index (χ1v) is 14.0. The van der Waals surface area contributed by atoms with Gasteiger partial charge in [0, 0.05) is 52.7 Å². The molecule has 1 aliphatic rings. The summed E-state index contributed by atoms with van der Waals surface area (Å²) in [6.45, 7) is 9.28. The normalized spacial score (nSPS) is 13.2. The number of ether oxygens (including phenoxy) is 1. The molecule has 3 aromatic carbocycles. The molecule has 0 saturated carbocycles. The summed E-state index contributed by atoms with van der Waals surface area (Å²) >= 11 is 0. The number of nitrogens with zero attached hydrogens (tertiary/aromatic N) is 4. The van der Waals surface area contributed by atoms with Crippen LogP contribution in [0.3, 0.4) is 0 Å². The number of allylic oxidation sites excluding steroid dienone is 6. The van der Waals surface area contributed by atoms with E-state index in [1.54, 1.807) is 12.2 Å². The van der Waals surface area contributed by atoms with Gasteiger partial charge < -0.3 is 14.2 Å². The van der Waals surface area contributed by atoms with Crippen LogP contribution in [-0.2, 0) is 11.3 Å². The number of rotatable bonds is 8. The molecule has 0 N–H and O–H groups in total. The zero-order valence-corrected chi connectivity index (χ0v) is 23.6. The van der Waals surface area contributed by atoms with Gasteiger partial charge in [0.05, 0.1) is 0 Å². The lowest BCUT2D eigenvalue weighted by molar-refractivity contribution is 0.332. The van der Waals surface area contributed by atoms with Crippen LogP contribution in [0.25, 0.3) is 34.0 Å². The van der Waals surface area contributed by atoms with Crippen molar-refractivity contribution in [3.8, 4) is 12.1 Å². The first-order valence-electron chi connectivity index (χ1n) is 14.0. The highest BCUT2D eigenvalue weighted by Gasteiger charge is 2.13. The summed E-state index contributed by atoms with van der Waals surface area (Å²) in [5.74, 6) is 1.11. The maximum absolute atomic E-state index is 9.52. The molecule has 0 bridgehead atoms. The van der Waals surface area contributed by atoms with E-state index in [0.29, 0.717) is 17.1 Å². The highest BCUT2D eigenvalue weighted by Crippen LogP contribution is 2.31. The first kappa shape index (κ1) is 27.3. The van der Waals surface area contributed by atoms with E-state index in [1.165, 1.54) is 27.5 Å². The minimum atomic E-state index is 0.0440. The van der Waals surface area contributed by atoms with E-state index in [0.717, 1.165) is 30.8 Å². The van der Waals surface area contributed by atoms with Gasteiger partial charge in [-0.2, -0.15) is 10.5 Å². The summed E-state index contributed by atoms with van der Waals surface area (Å²) in [6.07, 6.45) is 11.2. The van der Waals surface area contributed by atoms with E-state index in [1.807, 2.05) is 36.4 Å². The van der Waals surface area contributed by atoms with Crippen LogP contribution >= 0.6 is 0 Å². The van der Waals surface area contributed by atoms with Crippen molar-refractivity contribution in [2.24, 2.45) is 0 Å². The summed E-state index contributed by atoms with van der Waals surface area (Å²) in [4.78, 5) is 2.30. The van der Waals surface area contributed by atoms with E-state index in [4.69, 9.17) is 4.74 Å². The summed E-state index contributed by atoms with van der Waals surface area (Å²) in [6, 6.07) is 27.3. The van der Waals surface area contributed by atoms with Crippen LogP contribution in [0.15, 0.2) is 114 Å². The SMILES string of the molecule is CCN(CC)c1ccc(/C=C/C2=CC(=C(C#N)C#N)C=C(/C=C/c3ccc4c(c3)c3ccccc3n4CC)O2)cc1. The molecule has 4 aromatic rings. The highest BCUT2D eigenvalue weighted by molar-refractivity contribution is 6.08. The Morgan fingerprint density at radius 2 is 1.37 bits per heavy atom. The fraction of sp³-hybridized carbons (Fsp3) is 0.167. The molecule has 202 valence electrons. The molecule has 2 heterocycles. The van der Waals surface area contributed by atoms with Crippen LogP contribution in [0.2, 0.25) is 0 Å². The van der Waals surface area contributed by atoms with E-state index in [-0.39, 0.29) is 5.57 Å². The third-order valence-corrected chi connectivity index (χ3v) is 7.36. The Kier molecular flexibility index (Phi) is 8.18. The number of fused-ring (bicyclic) bond motifs is 3. The second-order valence-corrected chi connectivity index (χ2v) is 9.72. The average Bonchev–Trinajstić information content (AvgIpc) is 3.34. The van der Waals surface area contributed by atoms with Gasteiger partial charge in [0.25, 0.3) is 0 Å². The minimum absolute atomic E-state index is 0.0440. The number of aryl methyl sites for hydroxylation is 1. The molecular formula is C36H32N4O. The number of nitriles is 2. The number of hydrogen-bond donors (Lipinski definition) is 0. The van der Waals surface area contributed by atoms with Crippen LogP contribution in [-0.4, -0.2) is 17.7 Å². The fourth-order valence-electron chi connectivity index (χ4n) is 5.26. The smallest absolute Gasteiger partial charge is 0.137 e. The largest absolute Gasteiger partial charge is 0.457 e. The molecule has 0 spiro atoms. The van der Waals surface area contributed by atoms with E-state index >= 15 is 0 Å². The Labute approximate surface area is 241 Å². The second-order valence-electron chi connectivity index (χ2n) is 9.72. The maximum Gasteiger partial charge on any atom is 0.137 e. The number of aromatic nitrogens is 1. The fourth-order valence-corrected chi connectivity index (χ4v) is 5.26. The van der Waals surface area contributed by atoms with Crippen molar-refractivity contribution in [3.63, 3.8) is 0 Å². The Hall–Kier alpha value is -5.26. The molecule has 0 fully saturated rings. The molecule has 1 aromatic heterocycles. The van der Waals surface area contributed by atoms with Gasteiger partial charge in [0.2, 0.25) is 0 Å². The van der Waals surface area contributed by atoms with E-state index in [9.17, 15) is 10.5 Å². The van der Waals surface area contributed by atoms with E-state index in [2.05, 4.69) is 97.0 Å². The topological polar surface area (TPSA) is 65.0 Å². The lowest BCUT2D eigenvalue weighted by Crippen LogP contribution is -2.21. The van der Waals surface area contributed by atoms with Crippen molar-refractivity contribution in [3.05, 3.63) is 125 Å². The Morgan fingerprint density at radius 3 is 2.00 bits per heavy atom. The number of para-hydroxylation sites is 1. The second kappa shape index (κ2) is 12.3. The monoisotopic (exact) mass is 536 g/mol. The first-order chi connectivity index (χ1) is 20.1. The molecule has 5 heteroatoms. The molecule has 5 rings (SSSR count). The third-order valence-electron chi connectivity index (χ3n) is 7.36. The van der Waals surface area contributed by atoms with Gasteiger partial charge in [-0.15, -0.1) is 0 Å². The summed E-state index contributed by atoms with van der Waals surface area (Å²) < 4.78 is 8.49. The molecule has 41 heavy (non-hydrogen) atoms. The predicted molar refractivity (Wildman–Crippen MR) is 169 cm³/mol. The summed E-state index contributed by atoms with van der Waals surface area (Å²) in [7, 11) is 0. The van der Waals surface area contributed by atoms with Gasteiger partial charge in [0.1, 0.15) is 29.2 Å². The van der Waals surface area contributed by atoms with Gasteiger partial charge in [-0.05, 0) is 86.5 Å². The van der Waals surface area contributed by atoms with Gasteiger partial charge in [-0.25, -0.2) is 0 Å². The molecule has 0 amide bonds. The van der Waals surface area contributed by atoms with Gasteiger partial charge >= 0.3 is 0 Å². The van der Waals surface area contributed by atoms with Crippen molar-refractivity contribution in [1.29, 1.82) is 10.5 Å². The quantitative estimate of drug-likeness (QED) is 0.212. The van der Waals surface area contributed by atoms with Crippen LogP contribution < -0.4 is 4.90 Å². The van der Waals surface area contributed by atoms with Crippen molar-refractivity contribution in [2.45, 2.75) is 27.3 Å². The molecule has 5 nitrogen and oxygen atoms in total. The molecule has 0 saturated heterocycles. The Balaban J connectivity index is 1.42. The highest BCUT2D eigenvalue weighted by atomic mass is 16.5. The maximum atomic E-state index is 9.52. The van der Waals surface area contributed by atoms with Crippen LogP contribution in [0, 0.1) is 22.7 Å². The molecule has 0 radical (unpaired) electrons. The number of benzene rings is 3. The Bertz CT molecular complexity index is 1810. The standard InChI is InChI=1S/C36H32N4O/c1-4-39(5-2)30-16-11-26(12-17-30)13-18-31-22-28(29(24-37)25-38)23-32(41-31)19-14-27-15-20-36-34(21-27)33-9-7-8-10-35(33)40(36)6-3/h7-23H,4-6H2,1-3H3/b18-13+,19-14+. The zero-order chi connectivity index (χ0) is 28.8. The van der Waals surface area contributed by atoms with Crippen molar-refractivity contribution < 1.29 is 4.74 Å². The van der Waals surface area contributed by atoms with Crippen LogP contribution in [0.1, 0.15) is 31.9 Å². The molecule has 0 atom stereocenters. The Morgan fingerprint density at radius 1 is 0.756 bits per heavy atom. The summed E-state index contributed by atoms with van der Waals surface area (Å²) in [5, 5.41) is 21.5. The van der Waals surface area contributed by atoms with E-state index < -0.39 is 0 Å². The third kappa shape index (κ3) is 5.71. The minimum Gasteiger partial charge on any atom is -0.457 e. The molecular weight excluding hydrogens is 504 g/mol. The van der Waals surface area contributed by atoms with Gasteiger partial charge in [-0.3, -0.25) is 0 Å². The van der Waals surface area contributed by atoms with Crippen molar-refractivity contribution >= 4 is 39.6 Å². The lowest BCUT2D eigenvalue weighted by Gasteiger charge is -2.20. The van der Waals surface area contributed by atoms with Crippen LogP contribution in [0.4, 0.5) is 5.69 Å². The molecule has 0 unspecified atom stereocenters. The van der Waals surface area contributed by atoms with Gasteiger partial charge in [0.15, 0.2) is 0 Å². The number of hydrogen-bond acceptors (Lipinski definition) is 4. The zero-order valence-electron chi connectivity index (χ0n) is 23.6. The lowest BCUT2D eigenvalue weighted by atomic mass is 10.0. The summed E-state index contributed by atoms with van der Waals surface area (Å²) in [5.41, 5.74) is 6.25. The molecule has 0 aliphatic carbocycles. The van der Waals surface area contributed by atoms with Crippen molar-refractivity contribution in [1.82, 2.24) is 4.57 Å². The molecule has 1 aliphatic heterocycles. The average molecular weight is 537 g/mol. The van der Waals surface area contributed by atoms with Crippen LogP contribution in [0.5, 0.6) is 0 Å². The van der Waals surface area contributed by atoms with Gasteiger partial charge in [-0.1, -0.05) is 48.6 Å².